The summed E-state index contributed by atoms with van der Waals surface area (Å²) in [6.45, 7) is -1.04. The van der Waals surface area contributed by atoms with Crippen LogP contribution in [-0.4, -0.2) is 67.7 Å². The first kappa shape index (κ1) is 15.4. The lowest BCUT2D eigenvalue weighted by molar-refractivity contribution is 0.0565. The Morgan fingerprint density at radius 3 is 2.35 bits per heavy atom. The lowest BCUT2D eigenvalue weighted by Crippen LogP contribution is -2.45. The number of amides is 3. The highest BCUT2D eigenvalue weighted by Gasteiger charge is 2.10. The first-order valence-electron chi connectivity index (χ1n) is 4.79. The van der Waals surface area contributed by atoms with Gasteiger partial charge in [-0.2, -0.15) is 0 Å². The number of hydrogen-bond donors (Lipinski definition) is 4. The number of alkyl carbamates (subject to hydrolysis) is 1. The van der Waals surface area contributed by atoms with Gasteiger partial charge in [-0.25, -0.2) is 9.59 Å². The van der Waals surface area contributed by atoms with E-state index in [2.05, 4.69) is 20.1 Å². The smallest absolute Gasteiger partial charge is 0.408 e. The maximum absolute atomic E-state index is 11.1. The summed E-state index contributed by atoms with van der Waals surface area (Å²) in [5.74, 6) is 0. The van der Waals surface area contributed by atoms with Crippen LogP contribution >= 0.6 is 0 Å². The van der Waals surface area contributed by atoms with Gasteiger partial charge in [0.05, 0.1) is 13.3 Å². The highest BCUT2D eigenvalue weighted by Crippen LogP contribution is 1.84. The Bertz CT molecular complexity index is 233. The maximum Gasteiger partial charge on any atom is 0.408 e. The molecule has 0 aromatic heterocycles. The van der Waals surface area contributed by atoms with Gasteiger partial charge in [0.1, 0.15) is 20.1 Å². The van der Waals surface area contributed by atoms with E-state index in [-0.39, 0.29) is 19.9 Å². The fraction of sp³-hybridized carbons (Fsp3) is 0.750. The molecule has 0 fully saturated rings. The van der Waals surface area contributed by atoms with Crippen LogP contribution in [0.5, 0.6) is 0 Å². The first-order valence-corrected chi connectivity index (χ1v) is 4.79. The number of nitrogens with zero attached hydrogens (tertiary/aromatic N) is 1. The third-order valence-corrected chi connectivity index (χ3v) is 1.62. The van der Waals surface area contributed by atoms with Crippen molar-refractivity contribution in [3.8, 4) is 0 Å². The normalized spacial score (nSPS) is 9.59. The Morgan fingerprint density at radius 2 is 1.82 bits per heavy atom. The zero-order valence-corrected chi connectivity index (χ0v) is 9.51. The second-order valence-electron chi connectivity index (χ2n) is 2.79. The molecule has 0 aliphatic carbocycles. The number of aliphatic hydroxyl groups excluding tert-OH is 2. The van der Waals surface area contributed by atoms with Crippen LogP contribution in [0.3, 0.4) is 0 Å². The van der Waals surface area contributed by atoms with Crippen molar-refractivity contribution in [2.24, 2.45) is 0 Å². The van der Waals surface area contributed by atoms with E-state index in [1.54, 1.807) is 0 Å². The van der Waals surface area contributed by atoms with Gasteiger partial charge in [0.2, 0.25) is 0 Å². The van der Waals surface area contributed by atoms with Gasteiger partial charge in [-0.15, -0.1) is 0 Å². The number of ether oxygens (including phenoxy) is 2. The SMILES string of the molecule is COCCOC(=O)NCNC(=O)N(CO)CO. The molecule has 100 valence electrons. The molecule has 0 aromatic carbocycles. The quantitative estimate of drug-likeness (QED) is 0.314. The van der Waals surface area contributed by atoms with Crippen molar-refractivity contribution in [3.05, 3.63) is 0 Å². The van der Waals surface area contributed by atoms with Crippen LogP contribution in [0.1, 0.15) is 0 Å². The fourth-order valence-electron chi connectivity index (χ4n) is 0.746. The van der Waals surface area contributed by atoms with Crippen LogP contribution in [-0.2, 0) is 9.47 Å². The topological polar surface area (TPSA) is 120 Å². The van der Waals surface area contributed by atoms with Crippen molar-refractivity contribution >= 4 is 12.1 Å². The van der Waals surface area contributed by atoms with Gasteiger partial charge < -0.3 is 30.3 Å². The van der Waals surface area contributed by atoms with Crippen LogP contribution in [0.4, 0.5) is 9.59 Å². The van der Waals surface area contributed by atoms with E-state index in [0.717, 1.165) is 4.90 Å². The molecule has 0 aromatic rings. The first-order chi connectivity index (χ1) is 8.15. The standard InChI is InChI=1S/C8H17N3O6/c1-16-2-3-17-8(15)10-4-9-7(14)11(5-12)6-13/h12-13H,2-6H2,1H3,(H,9,14)(H,10,15). The Hall–Kier alpha value is -1.58. The summed E-state index contributed by atoms with van der Waals surface area (Å²) in [5, 5.41) is 21.7. The average Bonchev–Trinajstić information content (AvgIpc) is 2.31. The van der Waals surface area contributed by atoms with E-state index in [4.69, 9.17) is 10.2 Å². The number of carbonyl (C=O) groups excluding carboxylic acids is 2. The third-order valence-electron chi connectivity index (χ3n) is 1.62. The van der Waals surface area contributed by atoms with E-state index in [9.17, 15) is 9.59 Å². The summed E-state index contributed by atoms with van der Waals surface area (Å²) in [4.78, 5) is 22.8. The zero-order valence-electron chi connectivity index (χ0n) is 9.51. The highest BCUT2D eigenvalue weighted by molar-refractivity contribution is 5.74. The molecule has 0 bridgehead atoms. The Kier molecular flexibility index (Phi) is 8.74. The summed E-state index contributed by atoms with van der Waals surface area (Å²) < 4.78 is 9.30. The molecule has 0 atom stereocenters. The predicted octanol–water partition coefficient (Wildman–Crippen LogP) is -1.77. The zero-order chi connectivity index (χ0) is 13.1. The van der Waals surface area contributed by atoms with Gasteiger partial charge in [0, 0.05) is 7.11 Å². The molecule has 0 saturated carbocycles. The van der Waals surface area contributed by atoms with Crippen LogP contribution < -0.4 is 10.6 Å². The molecule has 0 rings (SSSR count). The molecule has 3 amide bonds. The summed E-state index contributed by atoms with van der Waals surface area (Å²) in [7, 11) is 1.47. The monoisotopic (exact) mass is 251 g/mol. The second kappa shape index (κ2) is 9.63. The minimum atomic E-state index is -0.716. The molecule has 0 heterocycles. The van der Waals surface area contributed by atoms with E-state index >= 15 is 0 Å². The number of hydrogen-bond acceptors (Lipinski definition) is 6. The van der Waals surface area contributed by atoms with E-state index in [0.29, 0.717) is 0 Å². The number of carbonyl (C=O) groups is 2. The van der Waals surface area contributed by atoms with Crippen molar-refractivity contribution in [1.29, 1.82) is 0 Å². The van der Waals surface area contributed by atoms with Crippen LogP contribution in [0.2, 0.25) is 0 Å². The molecule has 0 aliphatic rings. The van der Waals surface area contributed by atoms with Gasteiger partial charge in [0.15, 0.2) is 0 Å². The lowest BCUT2D eigenvalue weighted by atomic mass is 10.7. The number of aliphatic hydroxyl groups is 2. The van der Waals surface area contributed by atoms with Crippen molar-refractivity contribution in [1.82, 2.24) is 15.5 Å². The second-order valence-corrected chi connectivity index (χ2v) is 2.79. The molecule has 0 unspecified atom stereocenters. The molecule has 4 N–H and O–H groups in total. The summed E-state index contributed by atoms with van der Waals surface area (Å²) >= 11 is 0. The molecular weight excluding hydrogens is 234 g/mol. The molecule has 9 heteroatoms. The molecule has 0 spiro atoms. The van der Waals surface area contributed by atoms with Crippen LogP contribution in [0.25, 0.3) is 0 Å². The summed E-state index contributed by atoms with van der Waals surface area (Å²) in [5.41, 5.74) is 0. The van der Waals surface area contributed by atoms with Crippen molar-refractivity contribution in [3.63, 3.8) is 0 Å². The van der Waals surface area contributed by atoms with E-state index < -0.39 is 25.6 Å². The highest BCUT2D eigenvalue weighted by atomic mass is 16.6. The van der Waals surface area contributed by atoms with Gasteiger partial charge in [0.25, 0.3) is 0 Å². The van der Waals surface area contributed by atoms with Crippen molar-refractivity contribution < 1.29 is 29.3 Å². The van der Waals surface area contributed by atoms with Crippen LogP contribution in [0, 0.1) is 0 Å². The molecule has 0 aliphatic heterocycles. The molecule has 17 heavy (non-hydrogen) atoms. The van der Waals surface area contributed by atoms with E-state index in [1.165, 1.54) is 7.11 Å². The minimum Gasteiger partial charge on any atom is -0.447 e. The van der Waals surface area contributed by atoms with Gasteiger partial charge in [-0.3, -0.25) is 4.90 Å². The number of urea groups is 1. The number of rotatable bonds is 7. The number of methoxy groups -OCH3 is 1. The molecule has 0 saturated heterocycles. The fourth-order valence-corrected chi connectivity index (χ4v) is 0.746. The van der Waals surface area contributed by atoms with Gasteiger partial charge in [-0.1, -0.05) is 0 Å². The number of nitrogens with one attached hydrogen (secondary N) is 2. The van der Waals surface area contributed by atoms with Gasteiger partial charge >= 0.3 is 12.1 Å². The Balaban J connectivity index is 3.61. The van der Waals surface area contributed by atoms with Crippen molar-refractivity contribution in [2.75, 3.05) is 40.5 Å². The summed E-state index contributed by atoms with van der Waals surface area (Å²) in [6.07, 6.45) is -0.707. The average molecular weight is 251 g/mol. The summed E-state index contributed by atoms with van der Waals surface area (Å²) in [6, 6.07) is -0.716. The maximum atomic E-state index is 11.1. The van der Waals surface area contributed by atoms with Crippen molar-refractivity contribution in [2.45, 2.75) is 0 Å². The predicted molar refractivity (Wildman–Crippen MR) is 55.8 cm³/mol. The van der Waals surface area contributed by atoms with E-state index in [1.807, 2.05) is 0 Å². The molecule has 0 radical (unpaired) electrons. The largest absolute Gasteiger partial charge is 0.447 e. The molecular formula is C8H17N3O6. The Labute approximate surface area is 98.3 Å². The minimum absolute atomic E-state index is 0.107. The molecule has 9 nitrogen and oxygen atoms in total. The van der Waals surface area contributed by atoms with Crippen LogP contribution in [0.15, 0.2) is 0 Å². The lowest BCUT2D eigenvalue weighted by Gasteiger charge is -2.17. The third kappa shape index (κ3) is 7.33. The Morgan fingerprint density at radius 1 is 1.18 bits per heavy atom. The van der Waals surface area contributed by atoms with Gasteiger partial charge in [-0.05, 0) is 0 Å².